The van der Waals surface area contributed by atoms with Gasteiger partial charge in [-0.05, 0) is 60.2 Å². The normalized spacial score (nSPS) is 10.1. The first-order valence-corrected chi connectivity index (χ1v) is 8.62. The van der Waals surface area contributed by atoms with Crippen LogP contribution in [0.4, 0.5) is 15.8 Å². The molecule has 3 rings (SSSR count). The highest BCUT2D eigenvalue weighted by Gasteiger charge is 2.10. The molecule has 2 aromatic carbocycles. The number of hydrogen-bond donors (Lipinski definition) is 3. The molecule has 1 amide bonds. The smallest absolute Gasteiger partial charge is 0.258 e. The van der Waals surface area contributed by atoms with Crippen LogP contribution in [0.1, 0.15) is 15.9 Å². The van der Waals surface area contributed by atoms with Crippen LogP contribution < -0.4 is 16.0 Å². The van der Waals surface area contributed by atoms with Crippen molar-refractivity contribution in [2.24, 2.45) is 0 Å². The van der Waals surface area contributed by atoms with Crippen molar-refractivity contribution in [1.29, 1.82) is 0 Å². The molecule has 0 aliphatic heterocycles. The van der Waals surface area contributed by atoms with Crippen molar-refractivity contribution in [3.05, 3.63) is 90.0 Å². The SMILES string of the molecule is O=C(Nc1ccc(NC(=S)NCc2cccnc2)cc1)c1ccccc1F. The van der Waals surface area contributed by atoms with Crippen LogP contribution in [0.3, 0.4) is 0 Å². The van der Waals surface area contributed by atoms with Gasteiger partial charge in [-0.15, -0.1) is 0 Å². The molecule has 0 atom stereocenters. The number of amides is 1. The van der Waals surface area contributed by atoms with E-state index in [9.17, 15) is 9.18 Å². The largest absolute Gasteiger partial charge is 0.358 e. The lowest BCUT2D eigenvalue weighted by Crippen LogP contribution is -2.27. The van der Waals surface area contributed by atoms with Gasteiger partial charge in [0.2, 0.25) is 0 Å². The highest BCUT2D eigenvalue weighted by molar-refractivity contribution is 7.80. The van der Waals surface area contributed by atoms with Crippen LogP contribution in [0.25, 0.3) is 0 Å². The molecule has 0 radical (unpaired) electrons. The van der Waals surface area contributed by atoms with E-state index in [1.165, 1.54) is 18.2 Å². The Morgan fingerprint density at radius 1 is 0.963 bits per heavy atom. The topological polar surface area (TPSA) is 66.1 Å². The molecule has 0 bridgehead atoms. The zero-order valence-corrected chi connectivity index (χ0v) is 15.1. The maximum absolute atomic E-state index is 13.6. The van der Waals surface area contributed by atoms with Gasteiger partial charge in [-0.2, -0.15) is 0 Å². The van der Waals surface area contributed by atoms with E-state index in [1.54, 1.807) is 42.7 Å². The number of halogens is 1. The molecule has 0 unspecified atom stereocenters. The van der Waals surface area contributed by atoms with E-state index < -0.39 is 11.7 Å². The van der Waals surface area contributed by atoms with Gasteiger partial charge in [0.25, 0.3) is 5.91 Å². The Labute approximate surface area is 161 Å². The third kappa shape index (κ3) is 5.32. The van der Waals surface area contributed by atoms with E-state index in [2.05, 4.69) is 20.9 Å². The lowest BCUT2D eigenvalue weighted by Gasteiger charge is -2.11. The van der Waals surface area contributed by atoms with E-state index in [0.29, 0.717) is 17.3 Å². The summed E-state index contributed by atoms with van der Waals surface area (Å²) in [5.41, 5.74) is 2.35. The molecular formula is C20H17FN4OS. The second-order valence-corrected chi connectivity index (χ2v) is 6.09. The van der Waals surface area contributed by atoms with Crippen molar-refractivity contribution in [3.8, 4) is 0 Å². The average Bonchev–Trinajstić information content (AvgIpc) is 2.69. The molecule has 3 N–H and O–H groups in total. The maximum Gasteiger partial charge on any atom is 0.258 e. The molecule has 0 saturated carbocycles. The molecule has 0 fully saturated rings. The summed E-state index contributed by atoms with van der Waals surface area (Å²) in [6.07, 6.45) is 3.48. The number of thiocarbonyl (C=S) groups is 1. The summed E-state index contributed by atoms with van der Waals surface area (Å²) in [5.74, 6) is -1.05. The fourth-order valence-corrected chi connectivity index (χ4v) is 2.53. The highest BCUT2D eigenvalue weighted by atomic mass is 32.1. The fraction of sp³-hybridized carbons (Fsp3) is 0.0500. The van der Waals surface area contributed by atoms with Gasteiger partial charge in [-0.25, -0.2) is 4.39 Å². The lowest BCUT2D eigenvalue weighted by atomic mass is 10.2. The summed E-state index contributed by atoms with van der Waals surface area (Å²) in [5, 5.41) is 9.29. The number of hydrogen-bond acceptors (Lipinski definition) is 3. The minimum absolute atomic E-state index is 0.000445. The number of aromatic nitrogens is 1. The number of nitrogens with zero attached hydrogens (tertiary/aromatic N) is 1. The summed E-state index contributed by atoms with van der Waals surface area (Å²) in [7, 11) is 0. The maximum atomic E-state index is 13.6. The van der Waals surface area contributed by atoms with Gasteiger partial charge >= 0.3 is 0 Å². The first-order valence-electron chi connectivity index (χ1n) is 8.21. The molecule has 3 aromatic rings. The quantitative estimate of drug-likeness (QED) is 0.585. The third-order valence-electron chi connectivity index (χ3n) is 3.69. The van der Waals surface area contributed by atoms with Gasteiger partial charge in [0, 0.05) is 30.3 Å². The van der Waals surface area contributed by atoms with Crippen LogP contribution in [0, 0.1) is 5.82 Å². The highest BCUT2D eigenvalue weighted by Crippen LogP contribution is 2.15. The number of nitrogens with one attached hydrogen (secondary N) is 3. The Kier molecular flexibility index (Phi) is 6.06. The molecule has 0 aliphatic rings. The summed E-state index contributed by atoms with van der Waals surface area (Å²) in [6, 6.07) is 16.6. The number of rotatable bonds is 5. The summed E-state index contributed by atoms with van der Waals surface area (Å²) in [4.78, 5) is 16.2. The average molecular weight is 380 g/mol. The van der Waals surface area contributed by atoms with Gasteiger partial charge in [-0.1, -0.05) is 18.2 Å². The molecule has 0 saturated heterocycles. The van der Waals surface area contributed by atoms with E-state index in [-0.39, 0.29) is 5.56 Å². The van der Waals surface area contributed by atoms with Crippen molar-refractivity contribution >= 4 is 34.6 Å². The monoisotopic (exact) mass is 380 g/mol. The van der Waals surface area contributed by atoms with Gasteiger partial charge in [0.15, 0.2) is 5.11 Å². The molecule has 1 heterocycles. The van der Waals surface area contributed by atoms with Crippen molar-refractivity contribution in [3.63, 3.8) is 0 Å². The second kappa shape index (κ2) is 8.86. The predicted octanol–water partition coefficient (Wildman–Crippen LogP) is 3.96. The predicted molar refractivity (Wildman–Crippen MR) is 108 cm³/mol. The van der Waals surface area contributed by atoms with Crippen molar-refractivity contribution in [2.75, 3.05) is 10.6 Å². The standard InChI is InChI=1S/C20H17FN4OS/c21-18-6-2-1-5-17(18)19(26)24-15-7-9-16(10-8-15)25-20(27)23-13-14-4-3-11-22-12-14/h1-12H,13H2,(H,24,26)(H2,23,25,27). The minimum atomic E-state index is -0.557. The second-order valence-electron chi connectivity index (χ2n) is 5.68. The first kappa shape index (κ1) is 18.5. The Bertz CT molecular complexity index is 932. The number of pyridine rings is 1. The number of carbonyl (C=O) groups is 1. The van der Waals surface area contributed by atoms with E-state index in [1.807, 2.05) is 12.1 Å². The van der Waals surface area contributed by atoms with Gasteiger partial charge in [-0.3, -0.25) is 9.78 Å². The Morgan fingerprint density at radius 2 is 1.67 bits per heavy atom. The zero-order chi connectivity index (χ0) is 19.1. The molecule has 0 aliphatic carbocycles. The van der Waals surface area contributed by atoms with Crippen molar-refractivity contribution in [2.45, 2.75) is 6.54 Å². The molecule has 5 nitrogen and oxygen atoms in total. The zero-order valence-electron chi connectivity index (χ0n) is 14.3. The molecule has 1 aromatic heterocycles. The van der Waals surface area contributed by atoms with Crippen molar-refractivity contribution < 1.29 is 9.18 Å². The lowest BCUT2D eigenvalue weighted by molar-refractivity contribution is 0.102. The van der Waals surface area contributed by atoms with Gasteiger partial charge in [0.1, 0.15) is 5.82 Å². The number of anilines is 2. The van der Waals surface area contributed by atoms with Gasteiger partial charge in [0.05, 0.1) is 5.56 Å². The van der Waals surface area contributed by atoms with Crippen LogP contribution in [-0.4, -0.2) is 16.0 Å². The van der Waals surface area contributed by atoms with Crippen LogP contribution in [0.15, 0.2) is 73.1 Å². The summed E-state index contributed by atoms with van der Waals surface area (Å²) >= 11 is 5.26. The van der Waals surface area contributed by atoms with E-state index >= 15 is 0 Å². The first-order chi connectivity index (χ1) is 13.1. The van der Waals surface area contributed by atoms with Gasteiger partial charge < -0.3 is 16.0 Å². The fourth-order valence-electron chi connectivity index (χ4n) is 2.34. The summed E-state index contributed by atoms with van der Waals surface area (Å²) < 4.78 is 13.6. The van der Waals surface area contributed by atoms with Crippen LogP contribution in [0.5, 0.6) is 0 Å². The molecule has 7 heteroatoms. The summed E-state index contributed by atoms with van der Waals surface area (Å²) in [6.45, 7) is 0.566. The van der Waals surface area contributed by atoms with Crippen LogP contribution in [0.2, 0.25) is 0 Å². The molecule has 136 valence electrons. The Hall–Kier alpha value is -3.32. The third-order valence-corrected chi connectivity index (χ3v) is 3.94. The number of benzene rings is 2. The van der Waals surface area contributed by atoms with E-state index in [0.717, 1.165) is 11.3 Å². The Morgan fingerprint density at radius 3 is 2.33 bits per heavy atom. The number of carbonyl (C=O) groups excluding carboxylic acids is 1. The van der Waals surface area contributed by atoms with E-state index in [4.69, 9.17) is 12.2 Å². The minimum Gasteiger partial charge on any atom is -0.358 e. The molecule has 27 heavy (non-hydrogen) atoms. The Balaban J connectivity index is 1.53. The van der Waals surface area contributed by atoms with Crippen LogP contribution >= 0.6 is 12.2 Å². The van der Waals surface area contributed by atoms with Crippen LogP contribution in [-0.2, 0) is 6.54 Å². The molecular weight excluding hydrogens is 363 g/mol. The molecule has 0 spiro atoms. The van der Waals surface area contributed by atoms with Crippen molar-refractivity contribution in [1.82, 2.24) is 10.3 Å².